The van der Waals surface area contributed by atoms with Crippen molar-refractivity contribution >= 4 is 5.71 Å². The number of likely N-dealkylation sites (N-methyl/N-ethyl adjacent to an activating group) is 1. The van der Waals surface area contributed by atoms with E-state index in [0.29, 0.717) is 0 Å². The summed E-state index contributed by atoms with van der Waals surface area (Å²) in [7, 11) is 2.15. The average Bonchev–Trinajstić information content (AvgIpc) is 2.50. The predicted molar refractivity (Wildman–Crippen MR) is 92.6 cm³/mol. The molecule has 0 unspecified atom stereocenters. The average molecular weight is 292 g/mol. The van der Waals surface area contributed by atoms with Crippen LogP contribution in [0.2, 0.25) is 0 Å². The maximum absolute atomic E-state index is 6.15. The van der Waals surface area contributed by atoms with Crippen molar-refractivity contribution in [2.45, 2.75) is 45.4 Å². The summed E-state index contributed by atoms with van der Waals surface area (Å²) in [5.41, 5.74) is 9.63. The predicted octanol–water partition coefficient (Wildman–Crippen LogP) is 2.68. The number of hydrogen-bond donors (Lipinski definition) is 2. The molecule has 0 aliphatic heterocycles. The second-order valence-corrected chi connectivity index (χ2v) is 5.72. The molecular weight excluding hydrogens is 260 g/mol. The SMILES string of the molecule is C=CN=C(CCCNCCN(C)CC)C1=C(N)CCCC1. The first-order valence-corrected chi connectivity index (χ1v) is 8.23. The molecule has 0 saturated carbocycles. The Balaban J connectivity index is 2.33. The van der Waals surface area contributed by atoms with E-state index in [1.165, 1.54) is 18.4 Å². The second-order valence-electron chi connectivity index (χ2n) is 5.72. The van der Waals surface area contributed by atoms with Gasteiger partial charge >= 0.3 is 0 Å². The zero-order valence-corrected chi connectivity index (χ0v) is 13.8. The zero-order chi connectivity index (χ0) is 15.5. The summed E-state index contributed by atoms with van der Waals surface area (Å²) in [6.07, 6.45) is 8.27. The van der Waals surface area contributed by atoms with Crippen LogP contribution < -0.4 is 11.1 Å². The molecule has 1 rings (SSSR count). The van der Waals surface area contributed by atoms with Crippen molar-refractivity contribution in [1.29, 1.82) is 0 Å². The first kappa shape index (κ1) is 17.9. The van der Waals surface area contributed by atoms with Gasteiger partial charge in [0.25, 0.3) is 0 Å². The lowest BCUT2D eigenvalue weighted by Crippen LogP contribution is -2.29. The minimum Gasteiger partial charge on any atom is -0.402 e. The monoisotopic (exact) mass is 292 g/mol. The topological polar surface area (TPSA) is 53.7 Å². The number of hydrogen-bond acceptors (Lipinski definition) is 4. The van der Waals surface area contributed by atoms with Crippen LogP contribution in [0, 0.1) is 0 Å². The molecule has 0 amide bonds. The van der Waals surface area contributed by atoms with Gasteiger partial charge in [-0.25, -0.2) is 0 Å². The molecule has 4 nitrogen and oxygen atoms in total. The van der Waals surface area contributed by atoms with Crippen molar-refractivity contribution in [2.75, 3.05) is 33.2 Å². The molecule has 0 fully saturated rings. The molecule has 0 spiro atoms. The highest BCUT2D eigenvalue weighted by molar-refractivity contribution is 6.01. The van der Waals surface area contributed by atoms with E-state index in [9.17, 15) is 0 Å². The van der Waals surface area contributed by atoms with Crippen molar-refractivity contribution < 1.29 is 0 Å². The van der Waals surface area contributed by atoms with Gasteiger partial charge in [0.2, 0.25) is 0 Å². The molecule has 0 aromatic heterocycles. The summed E-state index contributed by atoms with van der Waals surface area (Å²) < 4.78 is 0. The quantitative estimate of drug-likeness (QED) is 0.481. The van der Waals surface area contributed by atoms with Crippen molar-refractivity contribution in [3.8, 4) is 0 Å². The van der Waals surface area contributed by atoms with Gasteiger partial charge in [-0.1, -0.05) is 13.5 Å². The van der Waals surface area contributed by atoms with E-state index < -0.39 is 0 Å². The summed E-state index contributed by atoms with van der Waals surface area (Å²) in [5.74, 6) is 0. The lowest BCUT2D eigenvalue weighted by Gasteiger charge is -2.19. The van der Waals surface area contributed by atoms with Gasteiger partial charge in [-0.15, -0.1) is 0 Å². The summed E-state index contributed by atoms with van der Waals surface area (Å²) in [6.45, 7) is 10.2. The summed E-state index contributed by atoms with van der Waals surface area (Å²) >= 11 is 0. The molecule has 0 heterocycles. The third-order valence-electron chi connectivity index (χ3n) is 4.08. The summed E-state index contributed by atoms with van der Waals surface area (Å²) in [4.78, 5) is 6.77. The molecule has 0 aromatic rings. The van der Waals surface area contributed by atoms with Crippen molar-refractivity contribution in [3.63, 3.8) is 0 Å². The van der Waals surface area contributed by atoms with Crippen LogP contribution in [0.15, 0.2) is 29.0 Å². The Morgan fingerprint density at radius 2 is 2.14 bits per heavy atom. The summed E-state index contributed by atoms with van der Waals surface area (Å²) in [6, 6.07) is 0. The van der Waals surface area contributed by atoms with Gasteiger partial charge in [0.15, 0.2) is 0 Å². The number of nitrogens with zero attached hydrogens (tertiary/aromatic N) is 2. The minimum atomic E-state index is 0.985. The molecule has 0 aromatic carbocycles. The van der Waals surface area contributed by atoms with Gasteiger partial charge in [0.1, 0.15) is 0 Å². The molecule has 0 bridgehead atoms. The Morgan fingerprint density at radius 1 is 1.38 bits per heavy atom. The van der Waals surface area contributed by atoms with Crippen LogP contribution in [0.5, 0.6) is 0 Å². The Hall–Kier alpha value is -1.13. The van der Waals surface area contributed by atoms with Gasteiger partial charge < -0.3 is 16.0 Å². The molecule has 0 atom stereocenters. The second kappa shape index (κ2) is 10.6. The molecule has 4 heteroatoms. The lowest BCUT2D eigenvalue weighted by atomic mass is 9.91. The van der Waals surface area contributed by atoms with Gasteiger partial charge in [0, 0.05) is 30.7 Å². The fraction of sp³-hybridized carbons (Fsp3) is 0.706. The minimum absolute atomic E-state index is 0.985. The maximum Gasteiger partial charge on any atom is 0.0452 e. The molecule has 0 radical (unpaired) electrons. The van der Waals surface area contributed by atoms with E-state index in [2.05, 4.69) is 35.8 Å². The number of nitrogens with one attached hydrogen (secondary N) is 1. The van der Waals surface area contributed by atoms with Crippen LogP contribution in [0.25, 0.3) is 0 Å². The highest BCUT2D eigenvalue weighted by Crippen LogP contribution is 2.24. The fourth-order valence-electron chi connectivity index (χ4n) is 2.60. The lowest BCUT2D eigenvalue weighted by molar-refractivity contribution is 0.349. The van der Waals surface area contributed by atoms with Gasteiger partial charge in [-0.2, -0.15) is 0 Å². The van der Waals surface area contributed by atoms with E-state index in [1.54, 1.807) is 6.20 Å². The smallest absolute Gasteiger partial charge is 0.0452 e. The van der Waals surface area contributed by atoms with Gasteiger partial charge in [0.05, 0.1) is 0 Å². The third-order valence-corrected chi connectivity index (χ3v) is 4.08. The van der Waals surface area contributed by atoms with E-state index in [0.717, 1.165) is 63.3 Å². The highest BCUT2D eigenvalue weighted by Gasteiger charge is 2.14. The van der Waals surface area contributed by atoms with E-state index >= 15 is 0 Å². The molecule has 21 heavy (non-hydrogen) atoms. The van der Waals surface area contributed by atoms with Crippen LogP contribution in [-0.2, 0) is 0 Å². The molecule has 1 aliphatic rings. The zero-order valence-electron chi connectivity index (χ0n) is 13.8. The Kier molecular flexibility index (Phi) is 9.02. The molecule has 120 valence electrons. The van der Waals surface area contributed by atoms with Crippen molar-refractivity contribution in [1.82, 2.24) is 10.2 Å². The van der Waals surface area contributed by atoms with E-state index in [4.69, 9.17) is 5.73 Å². The van der Waals surface area contributed by atoms with Crippen LogP contribution in [0.1, 0.15) is 45.4 Å². The first-order chi connectivity index (χ1) is 10.2. The van der Waals surface area contributed by atoms with Crippen molar-refractivity contribution in [3.05, 3.63) is 24.0 Å². The summed E-state index contributed by atoms with van der Waals surface area (Å²) in [5, 5.41) is 3.49. The van der Waals surface area contributed by atoms with Gasteiger partial charge in [-0.05, 0) is 64.2 Å². The largest absolute Gasteiger partial charge is 0.402 e. The molecule has 3 N–H and O–H groups in total. The maximum atomic E-state index is 6.15. The Morgan fingerprint density at radius 3 is 2.81 bits per heavy atom. The molecular formula is C17H32N4. The third kappa shape index (κ3) is 6.91. The van der Waals surface area contributed by atoms with Crippen LogP contribution >= 0.6 is 0 Å². The standard InChI is InChI=1S/C17H32N4/c1-4-20-17(15-9-6-7-10-16(15)18)11-8-12-19-13-14-21(3)5-2/h4,19H,1,5-14,18H2,2-3H3. The van der Waals surface area contributed by atoms with Crippen molar-refractivity contribution in [2.24, 2.45) is 10.7 Å². The Labute approximate surface area is 130 Å². The number of allylic oxidation sites excluding steroid dienone is 2. The fourth-order valence-corrected chi connectivity index (χ4v) is 2.60. The Bertz CT molecular complexity index is 371. The van der Waals surface area contributed by atoms with E-state index in [-0.39, 0.29) is 0 Å². The first-order valence-electron chi connectivity index (χ1n) is 8.23. The molecule has 1 aliphatic carbocycles. The number of nitrogens with two attached hydrogens (primary N) is 1. The van der Waals surface area contributed by atoms with Crippen LogP contribution in [0.3, 0.4) is 0 Å². The molecule has 0 saturated heterocycles. The van der Waals surface area contributed by atoms with E-state index in [1.807, 2.05) is 0 Å². The number of aliphatic imine (C=N–C) groups is 1. The number of rotatable bonds is 10. The van der Waals surface area contributed by atoms with Crippen LogP contribution in [0.4, 0.5) is 0 Å². The normalized spacial score (nSPS) is 16.6. The van der Waals surface area contributed by atoms with Gasteiger partial charge in [-0.3, -0.25) is 4.99 Å². The van der Waals surface area contributed by atoms with Crippen LogP contribution in [-0.4, -0.2) is 43.8 Å². The highest BCUT2D eigenvalue weighted by atomic mass is 15.1.